The monoisotopic (exact) mass is 1480 g/mol. The summed E-state index contributed by atoms with van der Waals surface area (Å²) in [4.78, 5) is 72.9. The molecule has 3 N–H and O–H groups in total. The van der Waals surface area contributed by atoms with Crippen molar-refractivity contribution in [2.75, 3.05) is 39.6 Å². The van der Waals surface area contributed by atoms with E-state index in [0.29, 0.717) is 25.7 Å². The van der Waals surface area contributed by atoms with Crippen molar-refractivity contribution in [2.24, 2.45) is 5.92 Å². The van der Waals surface area contributed by atoms with Gasteiger partial charge in [0.2, 0.25) is 0 Å². The van der Waals surface area contributed by atoms with Crippen molar-refractivity contribution >= 4 is 39.5 Å². The molecule has 17 nitrogen and oxygen atoms in total. The van der Waals surface area contributed by atoms with Crippen LogP contribution in [0.5, 0.6) is 0 Å². The Bertz CT molecular complexity index is 1930. The van der Waals surface area contributed by atoms with Gasteiger partial charge < -0.3 is 33.8 Å². The normalized spacial score (nSPS) is 13.8. The summed E-state index contributed by atoms with van der Waals surface area (Å²) < 4.78 is 68.6. The van der Waals surface area contributed by atoms with Gasteiger partial charge in [-0.05, 0) is 31.6 Å². The Labute approximate surface area is 619 Å². The molecule has 0 heterocycles. The number of esters is 4. The topological polar surface area (TPSA) is 237 Å². The van der Waals surface area contributed by atoms with Gasteiger partial charge in [-0.15, -0.1) is 0 Å². The molecule has 0 aliphatic carbocycles. The van der Waals surface area contributed by atoms with Gasteiger partial charge in [0, 0.05) is 25.7 Å². The average molecular weight is 1480 g/mol. The highest BCUT2D eigenvalue weighted by Gasteiger charge is 2.30. The van der Waals surface area contributed by atoms with Gasteiger partial charge in [-0.25, -0.2) is 9.13 Å². The maximum Gasteiger partial charge on any atom is 0.472 e. The molecule has 0 saturated carbocycles. The van der Waals surface area contributed by atoms with Crippen LogP contribution in [0.2, 0.25) is 0 Å². The van der Waals surface area contributed by atoms with E-state index >= 15 is 0 Å². The van der Waals surface area contributed by atoms with Crippen LogP contribution in [0.1, 0.15) is 439 Å². The first-order valence-electron chi connectivity index (χ1n) is 42.6. The van der Waals surface area contributed by atoms with Crippen molar-refractivity contribution in [3.05, 3.63) is 0 Å². The van der Waals surface area contributed by atoms with E-state index in [1.807, 2.05) is 0 Å². The smallest absolute Gasteiger partial charge is 0.462 e. The van der Waals surface area contributed by atoms with E-state index in [4.69, 9.17) is 37.0 Å². The first kappa shape index (κ1) is 99.1. The molecule has 600 valence electrons. The van der Waals surface area contributed by atoms with Crippen molar-refractivity contribution in [1.82, 2.24) is 0 Å². The number of phosphoric acid groups is 2. The maximum absolute atomic E-state index is 13.1. The maximum atomic E-state index is 13.1. The van der Waals surface area contributed by atoms with Crippen LogP contribution in [0, 0.1) is 5.92 Å². The van der Waals surface area contributed by atoms with Gasteiger partial charge in [-0.3, -0.25) is 37.3 Å². The van der Waals surface area contributed by atoms with Gasteiger partial charge in [-0.1, -0.05) is 388 Å². The number of carbonyl (C=O) groups is 4. The molecule has 0 aromatic heterocycles. The second kappa shape index (κ2) is 74.9. The van der Waals surface area contributed by atoms with Gasteiger partial charge in [0.15, 0.2) is 12.2 Å². The zero-order valence-electron chi connectivity index (χ0n) is 66.1. The van der Waals surface area contributed by atoms with Crippen molar-refractivity contribution in [1.29, 1.82) is 0 Å². The van der Waals surface area contributed by atoms with Crippen LogP contribution in [0.4, 0.5) is 0 Å². The molecule has 0 saturated heterocycles. The first-order chi connectivity index (χ1) is 49.0. The van der Waals surface area contributed by atoms with Crippen LogP contribution in [0.15, 0.2) is 0 Å². The Hall–Kier alpha value is -1.94. The summed E-state index contributed by atoms with van der Waals surface area (Å²) in [6.07, 6.45) is 67.0. The summed E-state index contributed by atoms with van der Waals surface area (Å²) in [6.45, 7) is 7.27. The third-order valence-corrected chi connectivity index (χ3v) is 21.2. The molecular formula is C82H160O17P2. The minimum atomic E-state index is -4.96. The van der Waals surface area contributed by atoms with Gasteiger partial charge in [0.05, 0.1) is 26.4 Å². The summed E-state index contributed by atoms with van der Waals surface area (Å²) >= 11 is 0. The zero-order valence-corrected chi connectivity index (χ0v) is 67.8. The standard InChI is InChI=1S/C82H160O17P2/c1-6-9-12-15-18-20-22-24-26-28-30-31-32-34-36-38-40-42-47-52-57-62-67-81(86)99-78(72-93-80(85)66-61-56-51-46-41-39-37-35-33-29-27-25-23-21-19-16-13-10-7-2)74-97-101(90,91)95-70-76(83)69-94-100(88,89)96-73-77(71-92-79(84)65-60-55-49-17-14-11-8-3)98-82(87)68-63-58-53-48-44-43-45-50-54-59-64-75(4)5/h75-78,83H,6-74H2,1-5H3,(H,88,89)(H,90,91)/t76-,77+,78+/m0/s1. The zero-order chi connectivity index (χ0) is 74.1. The molecule has 5 atom stereocenters. The average Bonchev–Trinajstić information content (AvgIpc) is 0.924. The minimum Gasteiger partial charge on any atom is -0.462 e. The number of phosphoric ester groups is 2. The van der Waals surface area contributed by atoms with Crippen LogP contribution in [0.3, 0.4) is 0 Å². The highest BCUT2D eigenvalue weighted by atomic mass is 31.2. The minimum absolute atomic E-state index is 0.106. The molecule has 0 aliphatic rings. The fourth-order valence-electron chi connectivity index (χ4n) is 12.8. The second-order valence-electron chi connectivity index (χ2n) is 30.0. The molecule has 0 radical (unpaired) electrons. The molecule has 19 heteroatoms. The van der Waals surface area contributed by atoms with Crippen molar-refractivity contribution in [3.63, 3.8) is 0 Å². The predicted octanol–water partition coefficient (Wildman–Crippen LogP) is 24.8. The Morgan fingerprint density at radius 1 is 0.267 bits per heavy atom. The fourth-order valence-corrected chi connectivity index (χ4v) is 14.3. The van der Waals surface area contributed by atoms with Gasteiger partial charge in [-0.2, -0.15) is 0 Å². The van der Waals surface area contributed by atoms with E-state index in [2.05, 4.69) is 34.6 Å². The fraction of sp³-hybridized carbons (Fsp3) is 0.951. The Kier molecular flexibility index (Phi) is 73.5. The molecule has 0 amide bonds. The number of hydrogen-bond acceptors (Lipinski definition) is 15. The summed E-state index contributed by atoms with van der Waals surface area (Å²) in [5, 5.41) is 10.6. The van der Waals surface area contributed by atoms with Gasteiger partial charge in [0.1, 0.15) is 19.3 Å². The van der Waals surface area contributed by atoms with E-state index in [-0.39, 0.29) is 25.7 Å². The number of carbonyl (C=O) groups excluding carboxylic acids is 4. The SMILES string of the molecule is CCCCCCCCCCCCCCCCCCCCCCCCC(=O)O[C@H](COC(=O)CCCCCCCCCCCCCCCCCCCCC)COP(=O)(O)OC[C@@H](O)COP(=O)(O)OC[C@@H](COC(=O)CCCCCCCCC)OC(=O)CCCCCCCCCCCCC(C)C. The van der Waals surface area contributed by atoms with E-state index in [1.165, 1.54) is 250 Å². The molecule has 0 aliphatic heterocycles. The van der Waals surface area contributed by atoms with Crippen molar-refractivity contribution < 1.29 is 80.2 Å². The predicted molar refractivity (Wildman–Crippen MR) is 414 cm³/mol. The molecule has 0 fully saturated rings. The lowest BCUT2D eigenvalue weighted by molar-refractivity contribution is -0.161. The highest BCUT2D eigenvalue weighted by molar-refractivity contribution is 7.47. The third-order valence-electron chi connectivity index (χ3n) is 19.3. The second-order valence-corrected chi connectivity index (χ2v) is 32.9. The Morgan fingerprint density at radius 2 is 0.455 bits per heavy atom. The largest absolute Gasteiger partial charge is 0.472 e. The lowest BCUT2D eigenvalue weighted by atomic mass is 10.0. The summed E-state index contributed by atoms with van der Waals surface area (Å²) in [5.41, 5.74) is 0. The number of aliphatic hydroxyl groups excluding tert-OH is 1. The molecule has 2 unspecified atom stereocenters. The van der Waals surface area contributed by atoms with Crippen LogP contribution < -0.4 is 0 Å². The van der Waals surface area contributed by atoms with Crippen molar-refractivity contribution in [2.45, 2.75) is 457 Å². The lowest BCUT2D eigenvalue weighted by Gasteiger charge is -2.21. The van der Waals surface area contributed by atoms with Crippen LogP contribution >= 0.6 is 15.6 Å². The van der Waals surface area contributed by atoms with Crippen LogP contribution in [-0.4, -0.2) is 96.7 Å². The molecule has 101 heavy (non-hydrogen) atoms. The van der Waals surface area contributed by atoms with E-state index < -0.39 is 97.5 Å². The molecule has 0 rings (SSSR count). The van der Waals surface area contributed by atoms with E-state index in [9.17, 15) is 43.2 Å². The van der Waals surface area contributed by atoms with Crippen LogP contribution in [-0.2, 0) is 65.4 Å². The van der Waals surface area contributed by atoms with Gasteiger partial charge in [0.25, 0.3) is 0 Å². The lowest BCUT2D eigenvalue weighted by Crippen LogP contribution is -2.30. The quantitative estimate of drug-likeness (QED) is 0.0222. The summed E-state index contributed by atoms with van der Waals surface area (Å²) in [5.74, 6) is -1.36. The molecule has 0 spiro atoms. The molecule has 0 bridgehead atoms. The Morgan fingerprint density at radius 3 is 0.673 bits per heavy atom. The molecule has 0 aromatic rings. The third kappa shape index (κ3) is 76.1. The van der Waals surface area contributed by atoms with Crippen LogP contribution in [0.25, 0.3) is 0 Å². The number of rotatable bonds is 82. The molecular weight excluding hydrogens is 1320 g/mol. The van der Waals surface area contributed by atoms with Gasteiger partial charge >= 0.3 is 39.5 Å². The summed E-state index contributed by atoms with van der Waals surface area (Å²) in [6, 6.07) is 0. The molecule has 0 aromatic carbocycles. The number of unbranched alkanes of at least 4 members (excludes halogenated alkanes) is 54. The van der Waals surface area contributed by atoms with E-state index in [1.54, 1.807) is 0 Å². The van der Waals surface area contributed by atoms with Crippen molar-refractivity contribution in [3.8, 4) is 0 Å². The number of aliphatic hydroxyl groups is 1. The number of hydrogen-bond donors (Lipinski definition) is 3. The highest BCUT2D eigenvalue weighted by Crippen LogP contribution is 2.45. The number of ether oxygens (including phenoxy) is 4. The van der Waals surface area contributed by atoms with E-state index in [0.717, 1.165) is 109 Å². The summed E-state index contributed by atoms with van der Waals surface area (Å²) in [7, 11) is -9.91. The Balaban J connectivity index is 5.15. The first-order valence-corrected chi connectivity index (χ1v) is 45.6.